The first kappa shape index (κ1) is 62.6. The molecule has 4 aromatic carbocycles. The number of benzene rings is 4. The van der Waals surface area contributed by atoms with Crippen LogP contribution in [0.1, 0.15) is 87.7 Å². The van der Waals surface area contributed by atoms with Gasteiger partial charge in [0.2, 0.25) is 0 Å². The minimum atomic E-state index is -0.628. The summed E-state index contributed by atoms with van der Waals surface area (Å²) in [6, 6.07) is 37.7. The number of hydrogen-bond donors (Lipinski definition) is 4. The molecule has 19 nitrogen and oxygen atoms in total. The van der Waals surface area contributed by atoms with Gasteiger partial charge in [0.1, 0.15) is 70.3 Å². The van der Waals surface area contributed by atoms with E-state index in [1.54, 1.807) is 14.2 Å². The standard InChI is InChI=1S/C33H33BrClN5O3.C33H35BrN6O3.H3N.H2O/c2*1-33(2)42-28-22(16-27(29(28)43-33)40-13-12-24-30(35)37-18-38-32(24)40)9-5-19-4-8-21-15-25(34)31(39-26(21)14-19)36-17-20-6-10-23(41-3)11-7-20;;/h4,6-8,10-15,18,22,27-29H,5,9,16-17H2,1-3H3,(H,36,39);4,6-8,10-15,18,22,27-29H,5,9,16-17H2,1-3H3,(H,36,39)(H2,35,37,38);1H3;1H2/t2*22-,27+,28+,29-;;/m00../s1. The van der Waals surface area contributed by atoms with Crippen LogP contribution in [0.2, 0.25) is 5.15 Å². The summed E-state index contributed by atoms with van der Waals surface area (Å²) in [5.41, 5.74) is 14.6. The number of pyridine rings is 2. The molecule has 460 valence electrons. The number of rotatable bonds is 16. The highest BCUT2D eigenvalue weighted by atomic mass is 79.9. The zero-order valence-electron chi connectivity index (χ0n) is 49.9. The molecule has 2 aliphatic heterocycles. The highest BCUT2D eigenvalue weighted by molar-refractivity contribution is 9.11. The number of aromatic nitrogens is 8. The van der Waals surface area contributed by atoms with Crippen LogP contribution in [0, 0.1) is 11.8 Å². The Morgan fingerprint density at radius 1 is 0.568 bits per heavy atom. The molecule has 8 heterocycles. The van der Waals surface area contributed by atoms with E-state index in [-0.39, 0.29) is 48.1 Å². The van der Waals surface area contributed by atoms with Crippen molar-refractivity contribution >= 4 is 105 Å². The van der Waals surface area contributed by atoms with Gasteiger partial charge in [-0.1, -0.05) is 60.1 Å². The van der Waals surface area contributed by atoms with Crippen molar-refractivity contribution < 1.29 is 33.9 Å². The first-order valence-corrected chi connectivity index (χ1v) is 31.2. The number of nitrogen functional groups attached to an aromatic ring is 1. The molecule has 2 aliphatic carbocycles. The summed E-state index contributed by atoms with van der Waals surface area (Å²) in [7, 11) is 3.35. The molecular weight excluding hydrogens is 1270 g/mol. The molecule has 0 bridgehead atoms. The number of hydrogen-bond acceptors (Lipinski definition) is 16. The fraction of sp³-hybridized carbons (Fsp3) is 0.364. The highest BCUT2D eigenvalue weighted by Gasteiger charge is 2.56. The van der Waals surface area contributed by atoms with Gasteiger partial charge in [-0.2, -0.15) is 0 Å². The molecule has 9 N–H and O–H groups in total. The predicted molar refractivity (Wildman–Crippen MR) is 351 cm³/mol. The van der Waals surface area contributed by atoms with Crippen molar-refractivity contribution in [2.75, 3.05) is 30.6 Å². The van der Waals surface area contributed by atoms with Crippen LogP contribution in [0.5, 0.6) is 11.5 Å². The smallest absolute Gasteiger partial charge is 0.163 e. The fourth-order valence-electron chi connectivity index (χ4n) is 13.2. The van der Waals surface area contributed by atoms with E-state index in [9.17, 15) is 0 Å². The number of halogens is 3. The third-order valence-electron chi connectivity index (χ3n) is 17.3. The second kappa shape index (κ2) is 25.8. The average molecular weight is 1340 g/mol. The maximum atomic E-state index is 6.49. The predicted octanol–water partition coefficient (Wildman–Crippen LogP) is 13.7. The zero-order valence-corrected chi connectivity index (χ0v) is 53.9. The van der Waals surface area contributed by atoms with Crippen LogP contribution < -0.4 is 32.0 Å². The zero-order chi connectivity index (χ0) is 59.4. The lowest BCUT2D eigenvalue weighted by atomic mass is 9.95. The number of methoxy groups -OCH3 is 2. The second-order valence-electron chi connectivity index (χ2n) is 23.8. The van der Waals surface area contributed by atoms with Crippen molar-refractivity contribution in [3.05, 3.63) is 171 Å². The van der Waals surface area contributed by atoms with Gasteiger partial charge in [0.15, 0.2) is 11.6 Å². The lowest BCUT2D eigenvalue weighted by molar-refractivity contribution is -0.160. The van der Waals surface area contributed by atoms with E-state index in [0.717, 1.165) is 126 Å². The monoisotopic (exact) mass is 1340 g/mol. The minimum Gasteiger partial charge on any atom is -0.497 e. The highest BCUT2D eigenvalue weighted by Crippen LogP contribution is 2.51. The summed E-state index contributed by atoms with van der Waals surface area (Å²) in [5.74, 6) is 3.25. The maximum Gasteiger partial charge on any atom is 0.163 e. The number of nitrogens with zero attached hydrogens (tertiary/aromatic N) is 8. The van der Waals surface area contributed by atoms with Crippen LogP contribution in [0.15, 0.2) is 143 Å². The largest absolute Gasteiger partial charge is 0.497 e. The summed E-state index contributed by atoms with van der Waals surface area (Å²) in [5, 5.41) is 11.3. The van der Waals surface area contributed by atoms with Gasteiger partial charge in [0.25, 0.3) is 0 Å². The molecule has 14 rings (SSSR count). The number of aryl methyl sites for hydroxylation is 2. The summed E-state index contributed by atoms with van der Waals surface area (Å²) in [6.45, 7) is 9.33. The first-order valence-electron chi connectivity index (χ1n) is 29.2. The molecule has 8 atom stereocenters. The molecule has 2 saturated heterocycles. The summed E-state index contributed by atoms with van der Waals surface area (Å²) in [6.07, 6.45) is 12.8. The molecule has 0 radical (unpaired) electrons. The first-order chi connectivity index (χ1) is 41.6. The van der Waals surface area contributed by atoms with E-state index < -0.39 is 11.6 Å². The van der Waals surface area contributed by atoms with E-state index in [1.165, 1.54) is 23.8 Å². The van der Waals surface area contributed by atoms with Gasteiger partial charge >= 0.3 is 0 Å². The summed E-state index contributed by atoms with van der Waals surface area (Å²) in [4.78, 5) is 27.3. The molecule has 6 aromatic heterocycles. The third kappa shape index (κ3) is 12.9. The molecule has 22 heteroatoms. The number of nitrogens with one attached hydrogen (secondary N) is 2. The van der Waals surface area contributed by atoms with Gasteiger partial charge in [-0.25, -0.2) is 29.9 Å². The summed E-state index contributed by atoms with van der Waals surface area (Å²) >= 11 is 13.8. The molecule has 0 amide bonds. The van der Waals surface area contributed by atoms with Crippen LogP contribution in [0.25, 0.3) is 43.9 Å². The van der Waals surface area contributed by atoms with E-state index in [1.807, 2.05) is 64.1 Å². The number of ether oxygens (including phenoxy) is 6. The molecule has 88 heavy (non-hydrogen) atoms. The second-order valence-corrected chi connectivity index (χ2v) is 25.8. The molecule has 4 fully saturated rings. The topological polar surface area (TPSA) is 259 Å². The molecule has 0 spiro atoms. The molecule has 0 unspecified atom stereocenters. The van der Waals surface area contributed by atoms with Gasteiger partial charge in [-0.15, -0.1) is 0 Å². The Bertz CT molecular complexity index is 3850. The number of anilines is 3. The van der Waals surface area contributed by atoms with E-state index in [4.69, 9.17) is 55.7 Å². The Labute approximate surface area is 532 Å². The average Bonchev–Trinajstić information content (AvgIpc) is 2.26. The Hall–Kier alpha value is -7.05. The Kier molecular flexibility index (Phi) is 18.3. The minimum absolute atomic E-state index is 0. The SMILES string of the molecule is COc1ccc(CNc2nc3cc(CC[C@H]4C[C@@H](n5ccc6c(Cl)ncnc65)[C@@H]5OC(C)(C)O[C@H]45)ccc3cc2Br)cc1.COc1ccc(CNc2nc3cc(CC[C@H]4C[C@@H](n5ccc6c(N)ncnc65)[C@@H]5OC(C)(C)O[C@H]45)ccc3cc2Br)cc1.N.O. The molecule has 10 aromatic rings. The van der Waals surface area contributed by atoms with Crippen molar-refractivity contribution in [3.63, 3.8) is 0 Å². The van der Waals surface area contributed by atoms with Gasteiger partial charge < -0.3 is 65.5 Å². The van der Waals surface area contributed by atoms with Gasteiger partial charge in [0, 0.05) is 36.3 Å². The normalized spacial score (nSPS) is 22.2. The van der Waals surface area contributed by atoms with Gasteiger partial charge in [0.05, 0.1) is 69.3 Å². The summed E-state index contributed by atoms with van der Waals surface area (Å²) < 4.78 is 42.7. The van der Waals surface area contributed by atoms with Crippen molar-refractivity contribution in [3.8, 4) is 11.5 Å². The quantitative estimate of drug-likeness (QED) is 0.0656. The van der Waals surface area contributed by atoms with Crippen molar-refractivity contribution in [2.24, 2.45) is 11.8 Å². The van der Waals surface area contributed by atoms with E-state index in [2.05, 4.69) is 157 Å². The molecule has 2 saturated carbocycles. The van der Waals surface area contributed by atoms with Crippen molar-refractivity contribution in [2.45, 2.75) is 127 Å². The lowest BCUT2D eigenvalue weighted by Gasteiger charge is -2.24. The Morgan fingerprint density at radius 2 is 0.989 bits per heavy atom. The lowest BCUT2D eigenvalue weighted by Crippen LogP contribution is -2.27. The van der Waals surface area contributed by atoms with Crippen molar-refractivity contribution in [1.29, 1.82) is 0 Å². The van der Waals surface area contributed by atoms with Crippen molar-refractivity contribution in [1.82, 2.24) is 45.2 Å². The van der Waals surface area contributed by atoms with E-state index >= 15 is 0 Å². The van der Waals surface area contributed by atoms with Crippen LogP contribution in [-0.2, 0) is 44.9 Å². The molecule has 4 aliphatic rings. The number of fused-ring (bicyclic) bond motifs is 6. The van der Waals surface area contributed by atoms with Crippen LogP contribution in [-0.4, -0.2) is 94.7 Å². The van der Waals surface area contributed by atoms with Crippen LogP contribution >= 0.6 is 43.5 Å². The third-order valence-corrected chi connectivity index (χ3v) is 18.8. The van der Waals surface area contributed by atoms with Crippen LogP contribution in [0.3, 0.4) is 0 Å². The van der Waals surface area contributed by atoms with E-state index in [0.29, 0.717) is 35.9 Å². The Balaban J connectivity index is 0.000000178. The van der Waals surface area contributed by atoms with Crippen LogP contribution in [0.4, 0.5) is 17.5 Å². The maximum absolute atomic E-state index is 6.49. The molecular formula is C66H73Br2ClN12O7. The Morgan fingerprint density at radius 3 is 1.45 bits per heavy atom. The fourth-order valence-corrected chi connectivity index (χ4v) is 14.3. The van der Waals surface area contributed by atoms with Gasteiger partial charge in [-0.05, 0) is 193 Å². The van der Waals surface area contributed by atoms with Gasteiger partial charge in [-0.3, -0.25) is 0 Å². The number of nitrogens with two attached hydrogens (primary N) is 1.